The van der Waals surface area contributed by atoms with Crippen molar-refractivity contribution in [1.29, 1.82) is 0 Å². The minimum absolute atomic E-state index is 0.819. The van der Waals surface area contributed by atoms with Gasteiger partial charge in [0.05, 0.1) is 78.1 Å². The largest absolute Gasteiger partial charge is 0.308 e. The molecule has 0 saturated heterocycles. The number of nitrogens with zero attached hydrogens (tertiary/aromatic N) is 6. The number of hydrogen-bond acceptors (Lipinski definition) is 2. The zero-order chi connectivity index (χ0) is 63.5. The number of aromatic nitrogens is 6. The first-order chi connectivity index (χ1) is 47.5. The quantitative estimate of drug-likeness (QED) is 0.137. The lowest BCUT2D eigenvalue weighted by Gasteiger charge is -2.31. The molecule has 0 N–H and O–H groups in total. The van der Waals surface area contributed by atoms with Gasteiger partial charge in [0.15, 0.2) is 0 Å². The molecule has 13 aromatic carbocycles. The van der Waals surface area contributed by atoms with Gasteiger partial charge in [0.2, 0.25) is 0 Å². The molecule has 19 rings (SSSR count). The van der Waals surface area contributed by atoms with Gasteiger partial charge in [-0.3, -0.25) is 9.97 Å². The van der Waals surface area contributed by atoms with Crippen LogP contribution in [0.15, 0.2) is 328 Å². The standard InChI is InChI=1S/C90H60N6/c1-57-51-67(52-58(2)92-57)85-87(93-77-38-19-15-33-68(77)72-53-63(42-46-81(72)93)59-25-7-3-8-26-59)86(76-37-23-24-50-91-76)89(95-79-40-21-17-35-70(79)74-55-65(44-48-83(74)95)61-29-11-5-12-30-61)90(96-80-41-22-18-36-71(80)75-56-66(45-49-84(75)96)62-31-13-6-14-32-62)88(85)94-78-39-20-16-34-69(78)73-54-64(43-47-82(73)94)60-27-9-4-10-28-60/h3-56H,1-2H3. The van der Waals surface area contributed by atoms with Gasteiger partial charge < -0.3 is 18.3 Å². The fourth-order valence-electron chi connectivity index (χ4n) is 15.7. The number of aryl methyl sites for hydroxylation is 2. The Labute approximate surface area is 554 Å². The summed E-state index contributed by atoms with van der Waals surface area (Å²) in [6, 6.07) is 119. The molecule has 6 heteroatoms. The Morgan fingerprint density at radius 3 is 0.844 bits per heavy atom. The van der Waals surface area contributed by atoms with E-state index in [0.717, 1.165) is 188 Å². The summed E-state index contributed by atoms with van der Waals surface area (Å²) in [5.74, 6) is 0. The molecule has 6 nitrogen and oxygen atoms in total. The summed E-state index contributed by atoms with van der Waals surface area (Å²) >= 11 is 0. The highest BCUT2D eigenvalue weighted by Crippen LogP contribution is 2.55. The van der Waals surface area contributed by atoms with Gasteiger partial charge in [-0.1, -0.05) is 224 Å². The molecule has 0 aliphatic carbocycles. The third kappa shape index (κ3) is 8.59. The summed E-state index contributed by atoms with van der Waals surface area (Å²) in [5, 5.41) is 9.15. The lowest BCUT2D eigenvalue weighted by molar-refractivity contribution is 1.03. The smallest absolute Gasteiger partial charge is 0.0962 e. The van der Waals surface area contributed by atoms with Crippen LogP contribution in [0.2, 0.25) is 0 Å². The Balaban J connectivity index is 1.12. The molecule has 6 heterocycles. The SMILES string of the molecule is Cc1cc(-c2c(-n3c4ccccc4c4cc(-c5ccccc5)ccc43)c(-c3ccccn3)c(-n3c4ccccc4c4cc(-c5ccccc5)ccc43)c(-n3c4ccccc4c4cc(-c5ccccc5)ccc43)c2-n2c3ccccc3c3cc(-c4ccccc4)ccc32)cc(C)n1. The second kappa shape index (κ2) is 22.0. The second-order valence-corrected chi connectivity index (χ2v) is 25.3. The van der Waals surface area contributed by atoms with Gasteiger partial charge in [0.1, 0.15) is 0 Å². The van der Waals surface area contributed by atoms with Crippen LogP contribution in [0.25, 0.3) is 177 Å². The summed E-state index contributed by atoms with van der Waals surface area (Å²) in [7, 11) is 0. The van der Waals surface area contributed by atoms with Crippen LogP contribution in [-0.4, -0.2) is 28.2 Å². The highest BCUT2D eigenvalue weighted by molar-refractivity contribution is 6.19. The number of para-hydroxylation sites is 4. The summed E-state index contributed by atoms with van der Waals surface area (Å²) < 4.78 is 10.4. The molecule has 0 fully saturated rings. The first-order valence-corrected chi connectivity index (χ1v) is 33.0. The molecule has 0 saturated carbocycles. The fourth-order valence-corrected chi connectivity index (χ4v) is 15.7. The predicted molar refractivity (Wildman–Crippen MR) is 401 cm³/mol. The van der Waals surface area contributed by atoms with Crippen molar-refractivity contribution in [2.24, 2.45) is 0 Å². The van der Waals surface area contributed by atoms with E-state index in [-0.39, 0.29) is 0 Å². The van der Waals surface area contributed by atoms with Crippen LogP contribution in [0.5, 0.6) is 0 Å². The van der Waals surface area contributed by atoms with E-state index in [2.05, 4.69) is 348 Å². The molecule has 96 heavy (non-hydrogen) atoms. The van der Waals surface area contributed by atoms with Crippen molar-refractivity contribution < 1.29 is 0 Å². The maximum Gasteiger partial charge on any atom is 0.0962 e. The normalized spacial score (nSPS) is 11.9. The lowest BCUT2D eigenvalue weighted by atomic mass is 9.91. The van der Waals surface area contributed by atoms with E-state index >= 15 is 0 Å². The van der Waals surface area contributed by atoms with Crippen LogP contribution >= 0.6 is 0 Å². The third-order valence-corrected chi connectivity index (χ3v) is 19.7. The minimum atomic E-state index is 0.819. The second-order valence-electron chi connectivity index (χ2n) is 25.3. The molecule has 0 atom stereocenters. The monoisotopic (exact) mass is 1220 g/mol. The van der Waals surface area contributed by atoms with Crippen molar-refractivity contribution in [3.8, 4) is 89.6 Å². The van der Waals surface area contributed by atoms with Crippen LogP contribution in [-0.2, 0) is 0 Å². The third-order valence-electron chi connectivity index (χ3n) is 19.7. The molecule has 6 aromatic heterocycles. The van der Waals surface area contributed by atoms with E-state index in [1.807, 2.05) is 12.3 Å². The molecule has 0 radical (unpaired) electrons. The van der Waals surface area contributed by atoms with Gasteiger partial charge in [0.25, 0.3) is 0 Å². The van der Waals surface area contributed by atoms with E-state index in [0.29, 0.717) is 0 Å². The van der Waals surface area contributed by atoms with Gasteiger partial charge in [-0.2, -0.15) is 0 Å². The molecule has 19 aromatic rings. The Morgan fingerprint density at radius 1 is 0.208 bits per heavy atom. The lowest BCUT2D eigenvalue weighted by Crippen LogP contribution is -2.16. The number of fused-ring (bicyclic) bond motifs is 12. The molecule has 0 aliphatic heterocycles. The zero-order valence-electron chi connectivity index (χ0n) is 52.9. The van der Waals surface area contributed by atoms with Crippen LogP contribution in [0.3, 0.4) is 0 Å². The molecule has 0 unspecified atom stereocenters. The van der Waals surface area contributed by atoms with Crippen molar-refractivity contribution in [3.63, 3.8) is 0 Å². The number of benzene rings is 13. The maximum absolute atomic E-state index is 5.66. The minimum Gasteiger partial charge on any atom is -0.308 e. The Hall–Kier alpha value is -12.6. The maximum atomic E-state index is 5.66. The molecule has 0 amide bonds. The molecule has 450 valence electrons. The van der Waals surface area contributed by atoms with Gasteiger partial charge >= 0.3 is 0 Å². The van der Waals surface area contributed by atoms with Crippen molar-refractivity contribution in [1.82, 2.24) is 28.2 Å². The van der Waals surface area contributed by atoms with Crippen LogP contribution in [0.1, 0.15) is 11.4 Å². The number of hydrogen-bond donors (Lipinski definition) is 0. The van der Waals surface area contributed by atoms with Gasteiger partial charge in [-0.25, -0.2) is 0 Å². The van der Waals surface area contributed by atoms with E-state index in [4.69, 9.17) is 9.97 Å². The Morgan fingerprint density at radius 2 is 0.500 bits per heavy atom. The number of pyridine rings is 2. The highest BCUT2D eigenvalue weighted by Gasteiger charge is 2.36. The fraction of sp³-hybridized carbons (Fsp3) is 0.0222. The van der Waals surface area contributed by atoms with E-state index in [1.165, 1.54) is 0 Å². The van der Waals surface area contributed by atoms with Gasteiger partial charge in [-0.15, -0.1) is 0 Å². The molecule has 0 spiro atoms. The first-order valence-electron chi connectivity index (χ1n) is 33.0. The molecular weight excluding hydrogens is 1170 g/mol. The summed E-state index contributed by atoms with van der Waals surface area (Å²) in [5.41, 5.74) is 27.3. The first kappa shape index (κ1) is 55.0. The van der Waals surface area contributed by atoms with Crippen molar-refractivity contribution in [2.45, 2.75) is 13.8 Å². The molecular formula is C90H60N6. The van der Waals surface area contributed by atoms with Gasteiger partial charge in [-0.05, 0) is 161 Å². The summed E-state index contributed by atoms with van der Waals surface area (Å²) in [6.07, 6.45) is 1.97. The number of rotatable bonds is 10. The topological polar surface area (TPSA) is 45.5 Å². The summed E-state index contributed by atoms with van der Waals surface area (Å²) in [4.78, 5) is 10.9. The van der Waals surface area contributed by atoms with E-state index in [9.17, 15) is 0 Å². The predicted octanol–water partition coefficient (Wildman–Crippen LogP) is 23.5. The van der Waals surface area contributed by atoms with E-state index in [1.54, 1.807) is 0 Å². The van der Waals surface area contributed by atoms with Crippen LogP contribution < -0.4 is 0 Å². The molecule has 0 bridgehead atoms. The summed E-state index contributed by atoms with van der Waals surface area (Å²) in [6.45, 7) is 4.28. The van der Waals surface area contributed by atoms with Gasteiger partial charge in [0, 0.05) is 66.2 Å². The van der Waals surface area contributed by atoms with E-state index < -0.39 is 0 Å². The Kier molecular flexibility index (Phi) is 12.6. The zero-order valence-corrected chi connectivity index (χ0v) is 52.9. The van der Waals surface area contributed by atoms with Crippen molar-refractivity contribution in [2.75, 3.05) is 0 Å². The highest BCUT2D eigenvalue weighted by atomic mass is 15.1. The average Bonchev–Trinajstić information content (AvgIpc) is 1.42. The van der Waals surface area contributed by atoms with Crippen molar-refractivity contribution in [3.05, 3.63) is 339 Å². The molecule has 0 aliphatic rings. The Bertz CT molecular complexity index is 6290. The van der Waals surface area contributed by atoms with Crippen LogP contribution in [0, 0.1) is 13.8 Å². The van der Waals surface area contributed by atoms with Crippen molar-refractivity contribution >= 4 is 87.2 Å². The average molecular weight is 1230 g/mol. The van der Waals surface area contributed by atoms with Crippen LogP contribution in [0.4, 0.5) is 0 Å².